The van der Waals surface area contributed by atoms with E-state index in [0.717, 1.165) is 32.3 Å². The molecule has 2 N–H and O–H groups in total. The largest absolute Gasteiger partial charge is 0.497 e. The standard InChI is InChI=1S/C39H33N3O4S/c1-3-36(39(45)42-34-15-9-7-13-31(34)32-14-8-10-16-35(32)42)47-30-23-19-28(20-24-30)40-38(44)33(25-26-17-21-29(46-2)22-18-26)41-37(43)27-11-5-4-6-12-27/h4-25,36H,3H2,1-2H3,(H,40,44)(H,41,43)/b33-25-. The van der Waals surface area contributed by atoms with Crippen molar-refractivity contribution in [1.29, 1.82) is 0 Å². The van der Waals surface area contributed by atoms with Gasteiger partial charge >= 0.3 is 0 Å². The number of fused-ring (bicyclic) bond motifs is 3. The quantitative estimate of drug-likeness (QED) is 0.116. The predicted molar refractivity (Wildman–Crippen MR) is 190 cm³/mol. The zero-order chi connectivity index (χ0) is 32.8. The van der Waals surface area contributed by atoms with Gasteiger partial charge in [0, 0.05) is 26.9 Å². The van der Waals surface area contributed by atoms with Gasteiger partial charge in [-0.3, -0.25) is 19.0 Å². The third kappa shape index (κ3) is 6.98. The van der Waals surface area contributed by atoms with Crippen LogP contribution < -0.4 is 15.4 Å². The van der Waals surface area contributed by atoms with E-state index >= 15 is 0 Å². The lowest BCUT2D eigenvalue weighted by molar-refractivity contribution is -0.113. The lowest BCUT2D eigenvalue weighted by Gasteiger charge is -2.16. The number of nitrogens with zero attached hydrogens (tertiary/aromatic N) is 1. The molecule has 0 aliphatic heterocycles. The van der Waals surface area contributed by atoms with E-state index in [1.807, 2.05) is 78.2 Å². The Balaban J connectivity index is 1.19. The van der Waals surface area contributed by atoms with E-state index in [9.17, 15) is 14.4 Å². The van der Waals surface area contributed by atoms with Gasteiger partial charge in [-0.05, 0) is 78.7 Å². The first-order valence-corrected chi connectivity index (χ1v) is 16.2. The summed E-state index contributed by atoms with van der Waals surface area (Å²) in [6, 6.07) is 39.2. The number of benzene rings is 5. The number of anilines is 1. The highest BCUT2D eigenvalue weighted by Gasteiger charge is 2.24. The lowest BCUT2D eigenvalue weighted by Crippen LogP contribution is -2.30. The molecular weight excluding hydrogens is 607 g/mol. The number of hydrogen-bond donors (Lipinski definition) is 2. The van der Waals surface area contributed by atoms with Crippen LogP contribution in [-0.2, 0) is 4.79 Å². The van der Waals surface area contributed by atoms with Crippen molar-refractivity contribution in [1.82, 2.24) is 9.88 Å². The Kier molecular flexibility index (Phi) is 9.50. The van der Waals surface area contributed by atoms with Gasteiger partial charge in [0.2, 0.25) is 5.91 Å². The topological polar surface area (TPSA) is 89.4 Å². The van der Waals surface area contributed by atoms with Crippen LogP contribution in [0.15, 0.2) is 138 Å². The fraction of sp³-hybridized carbons (Fsp3) is 0.103. The molecule has 2 amide bonds. The van der Waals surface area contributed by atoms with Crippen molar-refractivity contribution in [3.8, 4) is 5.75 Å². The maximum Gasteiger partial charge on any atom is 0.272 e. The van der Waals surface area contributed by atoms with Crippen LogP contribution >= 0.6 is 11.8 Å². The monoisotopic (exact) mass is 639 g/mol. The number of ether oxygens (including phenoxy) is 1. The molecule has 0 radical (unpaired) electrons. The predicted octanol–water partition coefficient (Wildman–Crippen LogP) is 8.42. The van der Waals surface area contributed by atoms with E-state index in [4.69, 9.17) is 4.74 Å². The number of para-hydroxylation sites is 2. The highest BCUT2D eigenvalue weighted by Crippen LogP contribution is 2.33. The minimum Gasteiger partial charge on any atom is -0.497 e. The molecule has 0 bridgehead atoms. The summed E-state index contributed by atoms with van der Waals surface area (Å²) in [6.45, 7) is 2.01. The summed E-state index contributed by atoms with van der Waals surface area (Å²) in [5, 5.41) is 7.44. The molecule has 1 aromatic heterocycles. The number of thioether (sulfide) groups is 1. The van der Waals surface area contributed by atoms with E-state index < -0.39 is 11.8 Å². The molecule has 0 fully saturated rings. The summed E-state index contributed by atoms with van der Waals surface area (Å²) in [4.78, 5) is 41.3. The highest BCUT2D eigenvalue weighted by molar-refractivity contribution is 8.00. The maximum absolute atomic E-state index is 14.0. The van der Waals surface area contributed by atoms with Crippen molar-refractivity contribution in [2.75, 3.05) is 12.4 Å². The van der Waals surface area contributed by atoms with Crippen molar-refractivity contribution in [2.24, 2.45) is 0 Å². The zero-order valence-corrected chi connectivity index (χ0v) is 26.8. The summed E-state index contributed by atoms with van der Waals surface area (Å²) in [5.74, 6) is -0.166. The van der Waals surface area contributed by atoms with Crippen LogP contribution in [-0.4, -0.2) is 34.6 Å². The first-order valence-electron chi connectivity index (χ1n) is 15.3. The number of rotatable bonds is 10. The van der Waals surface area contributed by atoms with E-state index in [2.05, 4.69) is 10.6 Å². The minimum absolute atomic E-state index is 0.0229. The first-order chi connectivity index (χ1) is 22.9. The molecule has 0 saturated heterocycles. The van der Waals surface area contributed by atoms with Crippen molar-refractivity contribution in [2.45, 2.75) is 23.5 Å². The number of hydrogen-bond acceptors (Lipinski definition) is 5. The second-order valence-corrected chi connectivity index (χ2v) is 12.1. The summed E-state index contributed by atoms with van der Waals surface area (Å²) in [5.41, 5.74) is 3.58. The molecule has 0 saturated carbocycles. The van der Waals surface area contributed by atoms with E-state index in [1.54, 1.807) is 73.8 Å². The Morgan fingerprint density at radius 1 is 0.766 bits per heavy atom. The van der Waals surface area contributed by atoms with E-state index in [0.29, 0.717) is 23.4 Å². The molecule has 234 valence electrons. The lowest BCUT2D eigenvalue weighted by atomic mass is 10.1. The van der Waals surface area contributed by atoms with Gasteiger partial charge in [-0.15, -0.1) is 11.8 Å². The summed E-state index contributed by atoms with van der Waals surface area (Å²) < 4.78 is 7.07. The van der Waals surface area contributed by atoms with Crippen LogP contribution in [0, 0.1) is 0 Å². The van der Waals surface area contributed by atoms with Gasteiger partial charge in [0.25, 0.3) is 11.8 Å². The molecule has 5 aromatic carbocycles. The summed E-state index contributed by atoms with van der Waals surface area (Å²) in [6.07, 6.45) is 2.26. The van der Waals surface area contributed by atoms with Gasteiger partial charge in [-0.25, -0.2) is 0 Å². The van der Waals surface area contributed by atoms with Crippen molar-refractivity contribution >= 4 is 63.1 Å². The fourth-order valence-corrected chi connectivity index (χ4v) is 6.40. The number of carbonyl (C=O) groups excluding carboxylic acids is 3. The molecule has 1 atom stereocenters. The molecule has 1 unspecified atom stereocenters. The Morgan fingerprint density at radius 2 is 1.36 bits per heavy atom. The van der Waals surface area contributed by atoms with E-state index in [-0.39, 0.29) is 16.9 Å². The molecule has 0 aliphatic carbocycles. The van der Waals surface area contributed by atoms with Crippen LogP contribution in [0.25, 0.3) is 27.9 Å². The van der Waals surface area contributed by atoms with Crippen molar-refractivity contribution < 1.29 is 19.1 Å². The normalized spacial score (nSPS) is 12.1. The van der Waals surface area contributed by atoms with Crippen LogP contribution in [0.1, 0.15) is 34.1 Å². The molecule has 47 heavy (non-hydrogen) atoms. The molecule has 6 rings (SSSR count). The van der Waals surface area contributed by atoms with Gasteiger partial charge in [0.05, 0.1) is 23.4 Å². The Morgan fingerprint density at radius 3 is 1.96 bits per heavy atom. The number of methoxy groups -OCH3 is 1. The molecule has 0 aliphatic rings. The fourth-order valence-electron chi connectivity index (χ4n) is 5.40. The molecule has 0 spiro atoms. The highest BCUT2D eigenvalue weighted by atomic mass is 32.2. The molecule has 6 aromatic rings. The molecule has 7 nitrogen and oxygen atoms in total. The second-order valence-electron chi connectivity index (χ2n) is 10.9. The van der Waals surface area contributed by atoms with Crippen molar-refractivity contribution in [3.63, 3.8) is 0 Å². The van der Waals surface area contributed by atoms with Gasteiger partial charge in [0.15, 0.2) is 0 Å². The number of nitrogens with one attached hydrogen (secondary N) is 2. The first kappa shape index (κ1) is 31.4. The number of aromatic nitrogens is 1. The van der Waals surface area contributed by atoms with Crippen molar-refractivity contribution in [3.05, 3.63) is 144 Å². The second kappa shape index (κ2) is 14.2. The maximum atomic E-state index is 14.0. The van der Waals surface area contributed by atoms with Crippen LogP contribution in [0.4, 0.5) is 5.69 Å². The average molecular weight is 640 g/mol. The van der Waals surface area contributed by atoms with Crippen LogP contribution in [0.3, 0.4) is 0 Å². The summed E-state index contributed by atoms with van der Waals surface area (Å²) >= 11 is 1.50. The SMILES string of the molecule is CCC(Sc1ccc(NC(=O)/C(=C/c2ccc(OC)cc2)NC(=O)c2ccccc2)cc1)C(=O)n1c2ccccc2c2ccccc21. The number of carbonyl (C=O) groups is 3. The molecule has 1 heterocycles. The molecular formula is C39H33N3O4S. The Hall–Kier alpha value is -5.60. The third-order valence-corrected chi connectivity index (χ3v) is 9.16. The number of amides is 2. The van der Waals surface area contributed by atoms with E-state index in [1.165, 1.54) is 11.8 Å². The van der Waals surface area contributed by atoms with Gasteiger partial charge in [0.1, 0.15) is 11.4 Å². The van der Waals surface area contributed by atoms with Gasteiger partial charge in [-0.1, -0.05) is 73.7 Å². The minimum atomic E-state index is -0.474. The molecule has 8 heteroatoms. The average Bonchev–Trinajstić information content (AvgIpc) is 3.45. The van der Waals surface area contributed by atoms with Crippen LogP contribution in [0.2, 0.25) is 0 Å². The summed E-state index contributed by atoms with van der Waals surface area (Å²) in [7, 11) is 1.58. The zero-order valence-electron chi connectivity index (χ0n) is 26.0. The van der Waals surface area contributed by atoms with Crippen LogP contribution in [0.5, 0.6) is 5.75 Å². The van der Waals surface area contributed by atoms with Gasteiger partial charge in [-0.2, -0.15) is 0 Å². The van der Waals surface area contributed by atoms with Gasteiger partial charge < -0.3 is 15.4 Å². The Labute approximate surface area is 277 Å². The Bertz CT molecular complexity index is 2030. The smallest absolute Gasteiger partial charge is 0.272 e. The third-order valence-electron chi connectivity index (χ3n) is 7.79.